The first kappa shape index (κ1) is 18.6. The van der Waals surface area contributed by atoms with E-state index in [2.05, 4.69) is 40.8 Å². The molecule has 0 aromatic carbocycles. The number of nitrogens with zero attached hydrogens (tertiary/aromatic N) is 7. The van der Waals surface area contributed by atoms with E-state index in [0.717, 1.165) is 54.5 Å². The second kappa shape index (κ2) is 7.85. The molecule has 0 amide bonds. The molecule has 6 rings (SSSR count). The van der Waals surface area contributed by atoms with Crippen molar-refractivity contribution >= 4 is 27.9 Å². The molecule has 0 radical (unpaired) electrons. The fourth-order valence-corrected chi connectivity index (χ4v) is 4.97. The second-order valence-corrected chi connectivity index (χ2v) is 8.53. The highest BCUT2D eigenvalue weighted by Gasteiger charge is 2.23. The molecule has 4 aromatic heterocycles. The summed E-state index contributed by atoms with van der Waals surface area (Å²) in [6.07, 6.45) is 15.2. The van der Waals surface area contributed by atoms with E-state index in [0.29, 0.717) is 12.5 Å². The number of hydrogen-bond acceptors (Lipinski definition) is 7. The Morgan fingerprint density at radius 1 is 0.935 bits per heavy atom. The molecule has 1 saturated carbocycles. The zero-order chi connectivity index (χ0) is 20.6. The molecule has 0 unspecified atom stereocenters. The summed E-state index contributed by atoms with van der Waals surface area (Å²) in [5, 5.41) is 5.65. The molecule has 1 N–H and O–H groups in total. The van der Waals surface area contributed by atoms with Gasteiger partial charge < -0.3 is 14.8 Å². The van der Waals surface area contributed by atoms with Crippen molar-refractivity contribution < 1.29 is 0 Å². The fourth-order valence-electron chi connectivity index (χ4n) is 4.97. The molecule has 1 aliphatic heterocycles. The first-order valence-corrected chi connectivity index (χ1v) is 11.2. The molecule has 0 atom stereocenters. The van der Waals surface area contributed by atoms with Gasteiger partial charge in [-0.2, -0.15) is 0 Å². The molecule has 0 bridgehead atoms. The third kappa shape index (κ3) is 3.40. The molecule has 2 aliphatic rings. The first-order chi connectivity index (χ1) is 15.4. The van der Waals surface area contributed by atoms with Gasteiger partial charge in [-0.15, -0.1) is 0 Å². The number of nitrogens with one attached hydrogen (secondary N) is 1. The maximum Gasteiger partial charge on any atom is 0.225 e. The number of rotatable bonds is 4. The highest BCUT2D eigenvalue weighted by Crippen LogP contribution is 2.37. The monoisotopic (exact) mass is 414 g/mol. The van der Waals surface area contributed by atoms with Gasteiger partial charge in [0.1, 0.15) is 11.5 Å². The molecule has 8 nitrogen and oxygen atoms in total. The van der Waals surface area contributed by atoms with Crippen molar-refractivity contribution in [3.63, 3.8) is 0 Å². The maximum atomic E-state index is 5.01. The van der Waals surface area contributed by atoms with Crippen LogP contribution in [0.5, 0.6) is 0 Å². The number of fused-ring (bicyclic) bond motifs is 3. The zero-order valence-corrected chi connectivity index (χ0v) is 17.5. The van der Waals surface area contributed by atoms with Gasteiger partial charge in [-0.05, 0) is 24.5 Å². The normalized spacial score (nSPS) is 17.7. The summed E-state index contributed by atoms with van der Waals surface area (Å²) < 4.78 is 2.40. The van der Waals surface area contributed by atoms with E-state index in [4.69, 9.17) is 4.98 Å². The Hall–Kier alpha value is -3.13. The summed E-state index contributed by atoms with van der Waals surface area (Å²) in [6.45, 7) is 3.84. The quantitative estimate of drug-likeness (QED) is 0.550. The molecule has 1 saturated heterocycles. The molecule has 31 heavy (non-hydrogen) atoms. The van der Waals surface area contributed by atoms with Crippen LogP contribution in [0.1, 0.15) is 43.1 Å². The van der Waals surface area contributed by atoms with Crippen LogP contribution in [0, 0.1) is 0 Å². The van der Waals surface area contributed by atoms with Gasteiger partial charge in [0.2, 0.25) is 5.95 Å². The van der Waals surface area contributed by atoms with Crippen LogP contribution in [-0.2, 0) is 6.42 Å². The van der Waals surface area contributed by atoms with E-state index < -0.39 is 0 Å². The smallest absolute Gasteiger partial charge is 0.225 e. The highest BCUT2D eigenvalue weighted by molar-refractivity contribution is 6.06. The van der Waals surface area contributed by atoms with Crippen molar-refractivity contribution in [2.45, 2.75) is 38.1 Å². The van der Waals surface area contributed by atoms with Crippen molar-refractivity contribution in [3.05, 3.63) is 48.4 Å². The van der Waals surface area contributed by atoms with Crippen LogP contribution in [0.3, 0.4) is 0 Å². The molecule has 8 heteroatoms. The van der Waals surface area contributed by atoms with Gasteiger partial charge in [0.05, 0.1) is 11.7 Å². The van der Waals surface area contributed by atoms with E-state index in [1.54, 1.807) is 0 Å². The van der Waals surface area contributed by atoms with Crippen molar-refractivity contribution in [1.29, 1.82) is 0 Å². The van der Waals surface area contributed by atoms with Gasteiger partial charge in [-0.1, -0.05) is 12.8 Å². The maximum absolute atomic E-state index is 5.01. The SMILES string of the molecule is c1cc2c3cnc(Cc4cnc(N5CCNCC5)nc4)nc3n(C3CCCC3)c2cn1. The number of aromatic nitrogens is 6. The molecular formula is C23H26N8. The van der Waals surface area contributed by atoms with Gasteiger partial charge in [0, 0.05) is 74.2 Å². The first-order valence-electron chi connectivity index (χ1n) is 11.2. The van der Waals surface area contributed by atoms with Crippen molar-refractivity contribution in [1.82, 2.24) is 34.8 Å². The molecule has 4 aromatic rings. The fraction of sp³-hybridized carbons (Fsp3) is 0.435. The molecule has 0 spiro atoms. The van der Waals surface area contributed by atoms with Crippen LogP contribution in [0.4, 0.5) is 5.95 Å². The summed E-state index contributed by atoms with van der Waals surface area (Å²) in [7, 11) is 0. The van der Waals surface area contributed by atoms with Crippen LogP contribution in [0.2, 0.25) is 0 Å². The Kier molecular flexibility index (Phi) is 4.71. The van der Waals surface area contributed by atoms with Crippen LogP contribution in [0.15, 0.2) is 37.1 Å². The molecule has 158 valence electrons. The van der Waals surface area contributed by atoms with E-state index in [-0.39, 0.29) is 0 Å². The Morgan fingerprint density at radius 2 is 1.74 bits per heavy atom. The lowest BCUT2D eigenvalue weighted by Gasteiger charge is -2.27. The van der Waals surface area contributed by atoms with E-state index in [1.165, 1.54) is 36.6 Å². The second-order valence-electron chi connectivity index (χ2n) is 8.53. The Morgan fingerprint density at radius 3 is 2.55 bits per heavy atom. The average Bonchev–Trinajstić information content (AvgIpc) is 3.46. The lowest BCUT2D eigenvalue weighted by molar-refractivity contribution is 0.546. The number of pyridine rings is 1. The minimum Gasteiger partial charge on any atom is -0.338 e. The minimum absolute atomic E-state index is 0.494. The average molecular weight is 415 g/mol. The standard InChI is InChI=1S/C23H26N8/c1-2-4-17(3-1)31-20-15-25-6-5-18(20)19-14-26-21(29-22(19)31)11-16-12-27-23(28-13-16)30-9-7-24-8-10-30/h5-6,12-15,17,24H,1-4,7-11H2. The number of anilines is 1. The molecular weight excluding hydrogens is 388 g/mol. The van der Waals surface area contributed by atoms with Gasteiger partial charge >= 0.3 is 0 Å². The summed E-state index contributed by atoms with van der Waals surface area (Å²) in [5.41, 5.74) is 3.22. The molecule has 1 aliphatic carbocycles. The van der Waals surface area contributed by atoms with Crippen molar-refractivity contribution in [3.8, 4) is 0 Å². The topological polar surface area (TPSA) is 84.7 Å². The third-order valence-corrected chi connectivity index (χ3v) is 6.54. The summed E-state index contributed by atoms with van der Waals surface area (Å²) in [6, 6.07) is 2.57. The Labute approximate surface area is 180 Å². The van der Waals surface area contributed by atoms with Gasteiger partial charge in [0.25, 0.3) is 0 Å². The van der Waals surface area contributed by atoms with Crippen LogP contribution in [-0.4, -0.2) is 55.7 Å². The summed E-state index contributed by atoms with van der Waals surface area (Å²) in [5.74, 6) is 1.61. The highest BCUT2D eigenvalue weighted by atomic mass is 15.3. The van der Waals surface area contributed by atoms with Gasteiger partial charge in [-0.25, -0.2) is 19.9 Å². The largest absolute Gasteiger partial charge is 0.338 e. The number of hydrogen-bond donors (Lipinski definition) is 1. The van der Waals surface area contributed by atoms with Crippen molar-refractivity contribution in [2.75, 3.05) is 31.1 Å². The number of piperazine rings is 1. The van der Waals surface area contributed by atoms with Crippen LogP contribution >= 0.6 is 0 Å². The zero-order valence-electron chi connectivity index (χ0n) is 17.5. The predicted molar refractivity (Wildman–Crippen MR) is 120 cm³/mol. The predicted octanol–water partition coefficient (Wildman–Crippen LogP) is 2.89. The Bertz CT molecular complexity index is 1200. The van der Waals surface area contributed by atoms with Gasteiger partial charge in [0.15, 0.2) is 0 Å². The molecule has 5 heterocycles. The summed E-state index contributed by atoms with van der Waals surface area (Å²) in [4.78, 5) is 25.5. The van der Waals surface area contributed by atoms with E-state index in [1.807, 2.05) is 31.0 Å². The Balaban J connectivity index is 1.33. The van der Waals surface area contributed by atoms with E-state index in [9.17, 15) is 0 Å². The molecule has 2 fully saturated rings. The summed E-state index contributed by atoms with van der Waals surface area (Å²) >= 11 is 0. The lowest BCUT2D eigenvalue weighted by Crippen LogP contribution is -2.44. The van der Waals surface area contributed by atoms with Crippen LogP contribution < -0.4 is 10.2 Å². The lowest BCUT2D eigenvalue weighted by atomic mass is 10.2. The van der Waals surface area contributed by atoms with E-state index >= 15 is 0 Å². The van der Waals surface area contributed by atoms with Crippen molar-refractivity contribution in [2.24, 2.45) is 0 Å². The minimum atomic E-state index is 0.494. The van der Waals surface area contributed by atoms with Gasteiger partial charge in [-0.3, -0.25) is 4.98 Å². The third-order valence-electron chi connectivity index (χ3n) is 6.54. The van der Waals surface area contributed by atoms with Crippen LogP contribution in [0.25, 0.3) is 21.9 Å².